The van der Waals surface area contributed by atoms with E-state index in [1.807, 2.05) is 29.6 Å². The molecule has 0 aliphatic rings. The Balaban J connectivity index is 2.45. The Hall–Kier alpha value is -1.85. The summed E-state index contributed by atoms with van der Waals surface area (Å²) in [6.07, 6.45) is 0.950. The molecule has 1 heterocycles. The molecule has 6 heteroatoms. The lowest BCUT2D eigenvalue weighted by Gasteiger charge is -2.08. The van der Waals surface area contributed by atoms with Crippen LogP contribution >= 0.6 is 22.9 Å². The van der Waals surface area contributed by atoms with E-state index >= 15 is 0 Å². The van der Waals surface area contributed by atoms with Crippen molar-refractivity contribution in [3.63, 3.8) is 0 Å². The van der Waals surface area contributed by atoms with E-state index in [2.05, 4.69) is 12.2 Å². The summed E-state index contributed by atoms with van der Waals surface area (Å²) in [7, 11) is 0. The van der Waals surface area contributed by atoms with E-state index in [4.69, 9.17) is 16.3 Å². The molecule has 0 aliphatic heterocycles. The largest absolute Gasteiger partial charge is 0.462 e. The Kier molecular flexibility index (Phi) is 6.19. The molecule has 0 saturated heterocycles. The predicted octanol–water partition coefficient (Wildman–Crippen LogP) is 4.33. The van der Waals surface area contributed by atoms with Crippen LogP contribution in [0.1, 0.15) is 29.8 Å². The van der Waals surface area contributed by atoms with Gasteiger partial charge in [-0.15, -0.1) is 22.9 Å². The standard InChI is InChI=1S/C17H18ClNO3S/c1-3-11-5-7-12(8-6-11)13-10-23-16(19-14(20)9-18)15(13)17(21)22-4-2/h5-8,10H,3-4,9H2,1-2H3,(H,19,20). The fourth-order valence-electron chi connectivity index (χ4n) is 2.15. The molecule has 4 nitrogen and oxygen atoms in total. The number of amides is 1. The minimum atomic E-state index is -0.451. The molecule has 2 aromatic rings. The molecule has 0 spiro atoms. The van der Waals surface area contributed by atoms with E-state index in [1.54, 1.807) is 6.92 Å². The SMILES string of the molecule is CCOC(=O)c1c(-c2ccc(CC)cc2)csc1NC(=O)CCl. The average molecular weight is 352 g/mol. The second-order valence-corrected chi connectivity index (χ2v) is 5.95. The summed E-state index contributed by atoms with van der Waals surface area (Å²) < 4.78 is 5.13. The Morgan fingerprint density at radius 1 is 1.22 bits per heavy atom. The molecular formula is C17H18ClNO3S. The summed E-state index contributed by atoms with van der Waals surface area (Å²) in [5.41, 5.74) is 3.26. The lowest BCUT2D eigenvalue weighted by molar-refractivity contribution is -0.113. The third-order valence-electron chi connectivity index (χ3n) is 3.32. The minimum Gasteiger partial charge on any atom is -0.462 e. The van der Waals surface area contributed by atoms with Crippen molar-refractivity contribution >= 4 is 39.8 Å². The Morgan fingerprint density at radius 2 is 1.91 bits per heavy atom. The molecule has 0 radical (unpaired) electrons. The van der Waals surface area contributed by atoms with Gasteiger partial charge in [-0.25, -0.2) is 4.79 Å². The molecule has 0 unspecified atom stereocenters. The first-order valence-electron chi connectivity index (χ1n) is 7.34. The van der Waals surface area contributed by atoms with E-state index in [-0.39, 0.29) is 18.4 Å². The first kappa shape index (κ1) is 17.5. The highest BCUT2D eigenvalue weighted by Gasteiger charge is 2.22. The van der Waals surface area contributed by atoms with Gasteiger partial charge < -0.3 is 10.1 Å². The topological polar surface area (TPSA) is 55.4 Å². The quantitative estimate of drug-likeness (QED) is 0.622. The van der Waals surface area contributed by atoms with Gasteiger partial charge in [0.1, 0.15) is 16.4 Å². The number of carbonyl (C=O) groups excluding carboxylic acids is 2. The van der Waals surface area contributed by atoms with E-state index in [0.29, 0.717) is 10.6 Å². The fraction of sp³-hybridized carbons (Fsp3) is 0.294. The van der Waals surface area contributed by atoms with Gasteiger partial charge in [0.05, 0.1) is 6.61 Å². The molecule has 1 N–H and O–H groups in total. The number of benzene rings is 1. The number of halogens is 1. The molecule has 0 saturated carbocycles. The van der Waals surface area contributed by atoms with Crippen LogP contribution in [0.4, 0.5) is 5.00 Å². The molecule has 122 valence electrons. The molecule has 1 amide bonds. The summed E-state index contributed by atoms with van der Waals surface area (Å²) in [6, 6.07) is 7.99. The zero-order valence-corrected chi connectivity index (χ0v) is 14.6. The van der Waals surface area contributed by atoms with E-state index in [1.165, 1.54) is 16.9 Å². The molecule has 23 heavy (non-hydrogen) atoms. The Bertz CT molecular complexity index is 694. The van der Waals surface area contributed by atoms with Gasteiger partial charge in [-0.05, 0) is 24.5 Å². The van der Waals surface area contributed by atoms with Crippen molar-refractivity contribution in [3.05, 3.63) is 40.8 Å². The van der Waals surface area contributed by atoms with Crippen molar-refractivity contribution in [1.82, 2.24) is 0 Å². The summed E-state index contributed by atoms with van der Waals surface area (Å²) in [6.45, 7) is 4.10. The lowest BCUT2D eigenvalue weighted by Crippen LogP contribution is -2.15. The van der Waals surface area contributed by atoms with E-state index in [9.17, 15) is 9.59 Å². The number of rotatable bonds is 6. The maximum Gasteiger partial charge on any atom is 0.341 e. The molecule has 0 fully saturated rings. The normalized spacial score (nSPS) is 10.4. The predicted molar refractivity (Wildman–Crippen MR) is 94.4 cm³/mol. The van der Waals surface area contributed by atoms with E-state index in [0.717, 1.165) is 17.5 Å². The average Bonchev–Trinajstić information content (AvgIpc) is 2.98. The zero-order chi connectivity index (χ0) is 16.8. The highest BCUT2D eigenvalue weighted by molar-refractivity contribution is 7.15. The molecule has 1 aromatic heterocycles. The van der Waals surface area contributed by atoms with Crippen molar-refractivity contribution in [2.24, 2.45) is 0 Å². The number of esters is 1. The molecule has 2 rings (SSSR count). The number of nitrogens with one attached hydrogen (secondary N) is 1. The van der Waals surface area contributed by atoms with Crippen molar-refractivity contribution in [3.8, 4) is 11.1 Å². The first-order chi connectivity index (χ1) is 11.1. The third-order valence-corrected chi connectivity index (χ3v) is 4.46. The number of carbonyl (C=O) groups is 2. The molecular weight excluding hydrogens is 334 g/mol. The van der Waals surface area contributed by atoms with Crippen molar-refractivity contribution in [2.45, 2.75) is 20.3 Å². The number of anilines is 1. The molecule has 0 atom stereocenters. The molecule has 0 aliphatic carbocycles. The maximum atomic E-state index is 12.3. The van der Waals surface area contributed by atoms with Crippen LogP contribution in [-0.2, 0) is 16.0 Å². The van der Waals surface area contributed by atoms with Crippen LogP contribution in [0.5, 0.6) is 0 Å². The van der Waals surface area contributed by atoms with Crippen molar-refractivity contribution in [1.29, 1.82) is 0 Å². The van der Waals surface area contributed by atoms with Gasteiger partial charge in [0.15, 0.2) is 0 Å². The Labute approximate surface area is 144 Å². The monoisotopic (exact) mass is 351 g/mol. The van der Waals surface area contributed by atoms with Crippen LogP contribution in [0.2, 0.25) is 0 Å². The van der Waals surface area contributed by atoms with Crippen LogP contribution in [0.3, 0.4) is 0 Å². The highest BCUT2D eigenvalue weighted by Crippen LogP contribution is 2.36. The molecule has 0 bridgehead atoms. The van der Waals surface area contributed by atoms with Gasteiger partial charge in [0, 0.05) is 10.9 Å². The fourth-order valence-corrected chi connectivity index (χ4v) is 3.19. The zero-order valence-electron chi connectivity index (χ0n) is 13.0. The van der Waals surface area contributed by atoms with E-state index < -0.39 is 5.97 Å². The number of thiophene rings is 1. The minimum absolute atomic E-state index is 0.166. The van der Waals surface area contributed by atoms with Crippen LogP contribution in [-0.4, -0.2) is 24.4 Å². The van der Waals surface area contributed by atoms with Crippen LogP contribution in [0.25, 0.3) is 11.1 Å². The maximum absolute atomic E-state index is 12.3. The van der Waals surface area contributed by atoms with Gasteiger partial charge in [-0.3, -0.25) is 4.79 Å². The van der Waals surface area contributed by atoms with Crippen molar-refractivity contribution < 1.29 is 14.3 Å². The number of hydrogen-bond acceptors (Lipinski definition) is 4. The van der Waals surface area contributed by atoms with Crippen LogP contribution in [0.15, 0.2) is 29.6 Å². The summed E-state index contributed by atoms with van der Waals surface area (Å²) in [5.74, 6) is -0.971. The third kappa shape index (κ3) is 4.12. The second kappa shape index (κ2) is 8.13. The van der Waals surface area contributed by atoms with Crippen molar-refractivity contribution in [2.75, 3.05) is 17.8 Å². The number of ether oxygens (including phenoxy) is 1. The number of hydrogen-bond donors (Lipinski definition) is 1. The van der Waals surface area contributed by atoms with Crippen LogP contribution in [0, 0.1) is 0 Å². The first-order valence-corrected chi connectivity index (χ1v) is 8.75. The second-order valence-electron chi connectivity index (χ2n) is 4.81. The van der Waals surface area contributed by atoms with Gasteiger partial charge in [-0.1, -0.05) is 31.2 Å². The van der Waals surface area contributed by atoms with Crippen LogP contribution < -0.4 is 5.32 Å². The highest BCUT2D eigenvalue weighted by atomic mass is 35.5. The van der Waals surface area contributed by atoms with Gasteiger partial charge in [0.25, 0.3) is 0 Å². The van der Waals surface area contributed by atoms with Gasteiger partial charge in [-0.2, -0.15) is 0 Å². The lowest BCUT2D eigenvalue weighted by atomic mass is 10.0. The summed E-state index contributed by atoms with van der Waals surface area (Å²) in [4.78, 5) is 23.9. The Morgan fingerprint density at radius 3 is 2.48 bits per heavy atom. The number of alkyl halides is 1. The van der Waals surface area contributed by atoms with Gasteiger partial charge >= 0.3 is 5.97 Å². The molecule has 1 aromatic carbocycles. The summed E-state index contributed by atoms with van der Waals surface area (Å²) >= 11 is 6.82. The van der Waals surface area contributed by atoms with Gasteiger partial charge in [0.2, 0.25) is 5.91 Å². The smallest absolute Gasteiger partial charge is 0.341 e. The summed E-state index contributed by atoms with van der Waals surface area (Å²) in [5, 5.41) is 4.97. The number of aryl methyl sites for hydroxylation is 1.